The van der Waals surface area contributed by atoms with Gasteiger partial charge in [0.15, 0.2) is 6.35 Å². The fourth-order valence-electron chi connectivity index (χ4n) is 6.04. The molecule has 9 N–H and O–H groups in total. The topological polar surface area (TPSA) is 207 Å². The number of hydrogen-bond acceptors (Lipinski definition) is 7. The maximum Gasteiger partial charge on any atom is 0.362 e. The molecular weight excluding hydrogens is 633 g/mol. The van der Waals surface area contributed by atoms with Crippen molar-refractivity contribution in [1.82, 2.24) is 9.80 Å². The van der Waals surface area contributed by atoms with Crippen LogP contribution in [0.2, 0.25) is 0 Å². The van der Waals surface area contributed by atoms with Crippen LogP contribution in [0, 0.1) is 5.41 Å². The zero-order valence-electron chi connectivity index (χ0n) is 26.2. The number of urea groups is 1. The summed E-state index contributed by atoms with van der Waals surface area (Å²) in [6, 6.07) is 28.1. The number of nitrogen functional groups attached to an aromatic ring is 2. The molecule has 2 amide bonds. The molecule has 4 aromatic carbocycles. The minimum Gasteiger partial charge on any atom is -0.481 e. The second-order valence-electron chi connectivity index (χ2n) is 12.0. The number of anilines is 1. The highest BCUT2D eigenvalue weighted by molar-refractivity contribution is 7.51. The Morgan fingerprint density at radius 2 is 1.25 bits per heavy atom. The van der Waals surface area contributed by atoms with E-state index in [2.05, 4.69) is 0 Å². The van der Waals surface area contributed by atoms with Crippen LogP contribution in [-0.2, 0) is 30.5 Å². The Balaban J connectivity index is 1.58. The average Bonchev–Trinajstić information content (AvgIpc) is 3.12. The molecule has 12 nitrogen and oxygen atoms in total. The third-order valence-electron chi connectivity index (χ3n) is 8.42. The van der Waals surface area contributed by atoms with Gasteiger partial charge in [-0.1, -0.05) is 78.9 Å². The summed E-state index contributed by atoms with van der Waals surface area (Å²) in [4.78, 5) is 36.5. The van der Waals surface area contributed by atoms with Gasteiger partial charge >= 0.3 is 13.6 Å². The standard InChI is InChI=1S/C35H40N5O7P/c36-29-15-14-26(17-28(29)34(37)38)21-40-31(19-24-10-5-2-6-11-24)33(42)32(41)30(18-23-8-3-1-4-9-23)39(35(40)43)20-25-12-7-13-27(16-25)47-22-48(44,45)46/h1-17,30-33,41-42H,18-22,36H2,(H3,37,38)(H2,44,45,46)/t30?,31-,32+,33+/m1/s1. The van der Waals surface area contributed by atoms with Gasteiger partial charge < -0.3 is 46.0 Å². The lowest BCUT2D eigenvalue weighted by Gasteiger charge is -2.36. The van der Waals surface area contributed by atoms with Crippen LogP contribution in [0.15, 0.2) is 103 Å². The van der Waals surface area contributed by atoms with E-state index in [9.17, 15) is 29.4 Å². The van der Waals surface area contributed by atoms with E-state index in [-0.39, 0.29) is 37.5 Å². The Hall–Kier alpha value is -4.71. The fourth-order valence-corrected chi connectivity index (χ4v) is 6.35. The number of ether oxygens (including phenoxy) is 1. The number of nitrogens with two attached hydrogens (primary N) is 2. The number of rotatable bonds is 12. The molecule has 0 radical (unpaired) electrons. The Morgan fingerprint density at radius 3 is 1.75 bits per heavy atom. The lowest BCUT2D eigenvalue weighted by molar-refractivity contribution is -0.0408. The van der Waals surface area contributed by atoms with Gasteiger partial charge in [-0.3, -0.25) is 9.97 Å². The lowest BCUT2D eigenvalue weighted by Crippen LogP contribution is -2.50. The summed E-state index contributed by atoms with van der Waals surface area (Å²) in [5.41, 5.74) is 15.4. The molecule has 0 aliphatic carbocycles. The van der Waals surface area contributed by atoms with Crippen LogP contribution in [-0.4, -0.2) is 72.3 Å². The van der Waals surface area contributed by atoms with Gasteiger partial charge in [-0.2, -0.15) is 0 Å². The summed E-state index contributed by atoms with van der Waals surface area (Å²) in [7, 11) is -4.43. The normalized spacial score (nSPS) is 20.0. The maximum absolute atomic E-state index is 14.9. The molecule has 252 valence electrons. The minimum absolute atomic E-state index is 0.0117. The van der Waals surface area contributed by atoms with Crippen molar-refractivity contribution in [1.29, 1.82) is 5.41 Å². The van der Waals surface area contributed by atoms with Crippen LogP contribution in [0.25, 0.3) is 0 Å². The molecule has 1 aliphatic rings. The van der Waals surface area contributed by atoms with Crippen LogP contribution in [0.4, 0.5) is 10.5 Å². The van der Waals surface area contributed by atoms with E-state index in [0.717, 1.165) is 11.1 Å². The molecule has 0 bridgehead atoms. The summed E-state index contributed by atoms with van der Waals surface area (Å²) in [6.07, 6.45) is -3.04. The summed E-state index contributed by atoms with van der Waals surface area (Å²) in [5.74, 6) is -0.0195. The molecule has 1 unspecified atom stereocenters. The number of carbonyl (C=O) groups excluding carboxylic acids is 1. The smallest absolute Gasteiger partial charge is 0.362 e. The van der Waals surface area contributed by atoms with Crippen molar-refractivity contribution >= 4 is 25.1 Å². The van der Waals surface area contributed by atoms with Crippen molar-refractivity contribution in [3.05, 3.63) is 131 Å². The van der Waals surface area contributed by atoms with E-state index in [1.54, 1.807) is 42.5 Å². The molecule has 0 spiro atoms. The first-order valence-corrected chi connectivity index (χ1v) is 17.2. The van der Waals surface area contributed by atoms with Gasteiger partial charge in [0.2, 0.25) is 0 Å². The number of carbonyl (C=O) groups is 1. The second kappa shape index (κ2) is 15.0. The summed E-state index contributed by atoms with van der Waals surface area (Å²) in [5, 5.41) is 31.8. The first kappa shape index (κ1) is 34.6. The van der Waals surface area contributed by atoms with Crippen molar-refractivity contribution in [3.63, 3.8) is 0 Å². The van der Waals surface area contributed by atoms with E-state index >= 15 is 0 Å². The molecule has 4 atom stereocenters. The lowest BCUT2D eigenvalue weighted by atomic mass is 9.91. The molecule has 1 saturated heterocycles. The first-order chi connectivity index (χ1) is 22.9. The Labute approximate surface area is 278 Å². The quantitative estimate of drug-likeness (QED) is 0.0508. The minimum atomic E-state index is -4.43. The van der Waals surface area contributed by atoms with E-state index in [4.69, 9.17) is 21.6 Å². The van der Waals surface area contributed by atoms with Gasteiger partial charge in [0.25, 0.3) is 0 Å². The van der Waals surface area contributed by atoms with Crippen molar-refractivity contribution in [3.8, 4) is 5.75 Å². The van der Waals surface area contributed by atoms with Crippen molar-refractivity contribution in [2.24, 2.45) is 5.73 Å². The molecule has 4 aromatic rings. The van der Waals surface area contributed by atoms with E-state index in [0.29, 0.717) is 22.4 Å². The van der Waals surface area contributed by atoms with Gasteiger partial charge in [-0.05, 0) is 59.4 Å². The number of amides is 2. The molecule has 0 aromatic heterocycles. The summed E-state index contributed by atoms with van der Waals surface area (Å²) in [6.45, 7) is 0.00286. The number of aliphatic hydroxyl groups excluding tert-OH is 2. The monoisotopic (exact) mass is 673 g/mol. The van der Waals surface area contributed by atoms with Gasteiger partial charge in [0, 0.05) is 24.3 Å². The van der Waals surface area contributed by atoms with Crippen LogP contribution >= 0.6 is 7.60 Å². The maximum atomic E-state index is 14.9. The largest absolute Gasteiger partial charge is 0.481 e. The molecule has 1 heterocycles. The fraction of sp³-hybridized carbons (Fsp3) is 0.257. The van der Waals surface area contributed by atoms with Gasteiger partial charge in [-0.25, -0.2) is 4.79 Å². The van der Waals surface area contributed by atoms with Crippen LogP contribution in [0.5, 0.6) is 5.75 Å². The molecule has 13 heteroatoms. The second-order valence-corrected chi connectivity index (χ2v) is 13.5. The molecule has 48 heavy (non-hydrogen) atoms. The molecule has 0 saturated carbocycles. The number of aliphatic hydroxyl groups is 2. The number of nitrogens with zero attached hydrogens (tertiary/aromatic N) is 2. The zero-order valence-corrected chi connectivity index (χ0v) is 27.1. The Kier molecular flexibility index (Phi) is 10.8. The third kappa shape index (κ3) is 8.60. The number of hydrogen-bond donors (Lipinski definition) is 7. The Morgan fingerprint density at radius 1 is 0.750 bits per heavy atom. The van der Waals surface area contributed by atoms with Crippen molar-refractivity contribution in [2.75, 3.05) is 12.1 Å². The average molecular weight is 674 g/mol. The molecule has 1 fully saturated rings. The molecular formula is C35H40N5O7P. The summed E-state index contributed by atoms with van der Waals surface area (Å²) < 4.78 is 16.8. The highest BCUT2D eigenvalue weighted by Crippen LogP contribution is 2.35. The van der Waals surface area contributed by atoms with Gasteiger partial charge in [0.05, 0.1) is 12.1 Å². The molecule has 5 rings (SSSR count). The predicted molar refractivity (Wildman–Crippen MR) is 182 cm³/mol. The highest BCUT2D eigenvalue weighted by atomic mass is 31.2. The van der Waals surface area contributed by atoms with Crippen LogP contribution < -0.4 is 16.2 Å². The predicted octanol–water partition coefficient (Wildman–Crippen LogP) is 3.45. The zero-order chi connectivity index (χ0) is 34.4. The van der Waals surface area contributed by atoms with E-state index in [1.807, 2.05) is 60.7 Å². The number of nitrogens with one attached hydrogen (secondary N) is 1. The highest BCUT2D eigenvalue weighted by Gasteiger charge is 2.46. The van der Waals surface area contributed by atoms with Crippen molar-refractivity contribution < 1.29 is 34.1 Å². The van der Waals surface area contributed by atoms with E-state index < -0.39 is 44.3 Å². The van der Waals surface area contributed by atoms with Crippen molar-refractivity contribution in [2.45, 2.75) is 50.2 Å². The summed E-state index contributed by atoms with van der Waals surface area (Å²) >= 11 is 0. The van der Waals surface area contributed by atoms with Gasteiger partial charge in [0.1, 0.15) is 23.8 Å². The van der Waals surface area contributed by atoms with Gasteiger partial charge in [-0.15, -0.1) is 0 Å². The number of benzene rings is 4. The SMILES string of the molecule is N=C(N)c1cc(CN2C(=O)N(Cc3cccc(OCP(=O)(O)O)c3)C(Cc3ccccc3)[C@H](O)[C@@H](O)[C@H]2Cc2ccccc2)ccc1N. The van der Waals surface area contributed by atoms with E-state index in [1.165, 1.54) is 9.80 Å². The number of amidine groups is 1. The molecule has 1 aliphatic heterocycles. The third-order valence-corrected chi connectivity index (χ3v) is 8.88. The van der Waals surface area contributed by atoms with Crippen LogP contribution in [0.1, 0.15) is 27.8 Å². The first-order valence-electron chi connectivity index (χ1n) is 15.4. The Bertz CT molecular complexity index is 1770. The van der Waals surface area contributed by atoms with Crippen LogP contribution in [0.3, 0.4) is 0 Å².